The summed E-state index contributed by atoms with van der Waals surface area (Å²) in [5.74, 6) is 0.996. The smallest absolute Gasteiger partial charge is 0.0809 e. The Labute approximate surface area is 106 Å². The Morgan fingerprint density at radius 3 is 2.47 bits per heavy atom. The number of nitrogens with zero attached hydrogens (tertiary/aromatic N) is 1. The van der Waals surface area contributed by atoms with Gasteiger partial charge in [0.05, 0.1) is 12.2 Å². The Morgan fingerprint density at radius 2 is 1.82 bits per heavy atom. The summed E-state index contributed by atoms with van der Waals surface area (Å²) in [7, 11) is 0. The lowest BCUT2D eigenvalue weighted by molar-refractivity contribution is -0.126. The van der Waals surface area contributed by atoms with Crippen LogP contribution in [0.5, 0.6) is 0 Å². The standard InChI is InChI=1S/C15H27NO/c1-13(14-6-7-14)16-10-11-17-15(12-16)8-4-2-3-5-9-15/h13-14H,2-12H2,1H3/t13-/m0/s1. The summed E-state index contributed by atoms with van der Waals surface area (Å²) in [5.41, 5.74) is 0.234. The van der Waals surface area contributed by atoms with E-state index in [0.29, 0.717) is 0 Å². The molecule has 1 heterocycles. The minimum absolute atomic E-state index is 0.234. The van der Waals surface area contributed by atoms with Crippen LogP contribution in [0.1, 0.15) is 58.3 Å². The van der Waals surface area contributed by atoms with E-state index in [9.17, 15) is 0 Å². The van der Waals surface area contributed by atoms with E-state index in [1.54, 1.807) is 0 Å². The molecule has 1 spiro atoms. The molecule has 0 amide bonds. The van der Waals surface area contributed by atoms with Crippen molar-refractivity contribution in [2.45, 2.75) is 69.9 Å². The fourth-order valence-corrected chi connectivity index (χ4v) is 3.77. The first-order valence-electron chi connectivity index (χ1n) is 7.67. The summed E-state index contributed by atoms with van der Waals surface area (Å²) in [4.78, 5) is 2.73. The highest BCUT2D eigenvalue weighted by Gasteiger charge is 2.41. The molecule has 3 rings (SSSR count). The first kappa shape index (κ1) is 12.0. The predicted octanol–water partition coefficient (Wildman–Crippen LogP) is 3.21. The second kappa shape index (κ2) is 4.89. The third-order valence-electron chi connectivity index (χ3n) is 5.17. The molecule has 0 radical (unpaired) electrons. The van der Waals surface area contributed by atoms with Crippen molar-refractivity contribution in [1.29, 1.82) is 0 Å². The number of rotatable bonds is 2. The molecule has 0 aromatic rings. The van der Waals surface area contributed by atoms with Crippen LogP contribution in [0.4, 0.5) is 0 Å². The van der Waals surface area contributed by atoms with E-state index in [0.717, 1.165) is 18.6 Å². The summed E-state index contributed by atoms with van der Waals surface area (Å²) < 4.78 is 6.23. The second-order valence-electron chi connectivity index (χ2n) is 6.49. The third kappa shape index (κ3) is 2.68. The summed E-state index contributed by atoms with van der Waals surface area (Å²) >= 11 is 0. The largest absolute Gasteiger partial charge is 0.372 e. The van der Waals surface area contributed by atoms with Crippen LogP contribution in [0.3, 0.4) is 0 Å². The summed E-state index contributed by atoms with van der Waals surface area (Å²) in [5, 5.41) is 0. The lowest BCUT2D eigenvalue weighted by atomic mass is 9.91. The second-order valence-corrected chi connectivity index (χ2v) is 6.49. The molecule has 0 aromatic heterocycles. The maximum absolute atomic E-state index is 6.23. The van der Waals surface area contributed by atoms with Crippen LogP contribution < -0.4 is 0 Å². The van der Waals surface area contributed by atoms with Crippen LogP contribution >= 0.6 is 0 Å². The Balaban J connectivity index is 1.64. The third-order valence-corrected chi connectivity index (χ3v) is 5.17. The molecule has 2 saturated carbocycles. The molecule has 0 N–H and O–H groups in total. The highest BCUT2D eigenvalue weighted by Crippen LogP contribution is 2.39. The van der Waals surface area contributed by atoms with Gasteiger partial charge in [-0.25, -0.2) is 0 Å². The number of hydrogen-bond donors (Lipinski definition) is 0. The topological polar surface area (TPSA) is 12.5 Å². The molecule has 17 heavy (non-hydrogen) atoms. The highest BCUT2D eigenvalue weighted by molar-refractivity contribution is 4.94. The summed E-state index contributed by atoms with van der Waals surface area (Å²) in [6.45, 7) is 5.79. The Kier molecular flexibility index (Phi) is 3.45. The van der Waals surface area contributed by atoms with Gasteiger partial charge < -0.3 is 4.74 Å². The van der Waals surface area contributed by atoms with Gasteiger partial charge in [-0.05, 0) is 38.5 Å². The summed E-state index contributed by atoms with van der Waals surface area (Å²) in [6, 6.07) is 0.805. The molecule has 98 valence electrons. The van der Waals surface area contributed by atoms with Crippen LogP contribution in [0.15, 0.2) is 0 Å². The van der Waals surface area contributed by atoms with Crippen LogP contribution in [-0.2, 0) is 4.74 Å². The Hall–Kier alpha value is -0.0800. The highest BCUT2D eigenvalue weighted by atomic mass is 16.5. The molecule has 3 aliphatic rings. The van der Waals surface area contributed by atoms with Crippen LogP contribution in [-0.4, -0.2) is 36.2 Å². The fourth-order valence-electron chi connectivity index (χ4n) is 3.77. The van der Waals surface area contributed by atoms with Crippen LogP contribution in [0.2, 0.25) is 0 Å². The molecule has 3 fully saturated rings. The maximum Gasteiger partial charge on any atom is 0.0809 e. The molecule has 0 unspecified atom stereocenters. The van der Waals surface area contributed by atoms with Crippen molar-refractivity contribution in [2.75, 3.05) is 19.7 Å². The molecule has 1 aliphatic heterocycles. The minimum atomic E-state index is 0.234. The zero-order chi connectivity index (χ0) is 11.7. The Bertz CT molecular complexity index is 254. The normalized spacial score (nSPS) is 32.3. The molecule has 1 saturated heterocycles. The first-order chi connectivity index (χ1) is 8.29. The van der Waals surface area contributed by atoms with Gasteiger partial charge in [-0.3, -0.25) is 4.90 Å². The monoisotopic (exact) mass is 237 g/mol. The molecular weight excluding hydrogens is 210 g/mol. The van der Waals surface area contributed by atoms with Gasteiger partial charge in [-0.2, -0.15) is 0 Å². The van der Waals surface area contributed by atoms with E-state index in [1.165, 1.54) is 64.5 Å². The van der Waals surface area contributed by atoms with Crippen molar-refractivity contribution in [1.82, 2.24) is 4.90 Å². The first-order valence-corrected chi connectivity index (χ1v) is 7.67. The molecule has 0 aromatic carbocycles. The average molecular weight is 237 g/mol. The quantitative estimate of drug-likeness (QED) is 0.731. The predicted molar refractivity (Wildman–Crippen MR) is 70.1 cm³/mol. The Morgan fingerprint density at radius 1 is 1.12 bits per heavy atom. The van der Waals surface area contributed by atoms with Crippen LogP contribution in [0.25, 0.3) is 0 Å². The van der Waals surface area contributed by atoms with Gasteiger partial charge >= 0.3 is 0 Å². The molecule has 2 aliphatic carbocycles. The lowest BCUT2D eigenvalue weighted by Gasteiger charge is -2.45. The van der Waals surface area contributed by atoms with Gasteiger partial charge in [0.1, 0.15) is 0 Å². The molecule has 2 nitrogen and oxygen atoms in total. The van der Waals surface area contributed by atoms with E-state index >= 15 is 0 Å². The zero-order valence-corrected chi connectivity index (χ0v) is 11.3. The molecule has 2 heteroatoms. The van der Waals surface area contributed by atoms with Gasteiger partial charge in [-0.15, -0.1) is 0 Å². The van der Waals surface area contributed by atoms with Crippen molar-refractivity contribution < 1.29 is 4.74 Å². The number of ether oxygens (including phenoxy) is 1. The van der Waals surface area contributed by atoms with Gasteiger partial charge in [0.2, 0.25) is 0 Å². The summed E-state index contributed by atoms with van der Waals surface area (Å²) in [6.07, 6.45) is 11.1. The number of morpholine rings is 1. The van der Waals surface area contributed by atoms with E-state index in [4.69, 9.17) is 4.74 Å². The van der Waals surface area contributed by atoms with Crippen molar-refractivity contribution >= 4 is 0 Å². The van der Waals surface area contributed by atoms with Gasteiger partial charge in [0, 0.05) is 19.1 Å². The van der Waals surface area contributed by atoms with Gasteiger partial charge in [0.15, 0.2) is 0 Å². The van der Waals surface area contributed by atoms with Gasteiger partial charge in [-0.1, -0.05) is 25.7 Å². The lowest BCUT2D eigenvalue weighted by Crippen LogP contribution is -2.54. The average Bonchev–Trinajstić information content (AvgIpc) is 3.16. The van der Waals surface area contributed by atoms with Crippen molar-refractivity contribution in [2.24, 2.45) is 5.92 Å². The van der Waals surface area contributed by atoms with E-state index in [1.807, 2.05) is 0 Å². The van der Waals surface area contributed by atoms with E-state index < -0.39 is 0 Å². The zero-order valence-electron chi connectivity index (χ0n) is 11.3. The molecule has 1 atom stereocenters. The van der Waals surface area contributed by atoms with Crippen molar-refractivity contribution in [3.63, 3.8) is 0 Å². The van der Waals surface area contributed by atoms with Gasteiger partial charge in [0.25, 0.3) is 0 Å². The van der Waals surface area contributed by atoms with Crippen molar-refractivity contribution in [3.05, 3.63) is 0 Å². The van der Waals surface area contributed by atoms with E-state index in [2.05, 4.69) is 11.8 Å². The fraction of sp³-hybridized carbons (Fsp3) is 1.00. The van der Waals surface area contributed by atoms with Crippen LogP contribution in [0, 0.1) is 5.92 Å². The minimum Gasteiger partial charge on any atom is -0.372 e. The molecular formula is C15H27NO. The maximum atomic E-state index is 6.23. The number of hydrogen-bond acceptors (Lipinski definition) is 2. The molecule has 0 bridgehead atoms. The van der Waals surface area contributed by atoms with E-state index in [-0.39, 0.29) is 5.60 Å². The SMILES string of the molecule is C[C@@H](C1CC1)N1CCOC2(CCCCCC2)C1. The van der Waals surface area contributed by atoms with Crippen molar-refractivity contribution in [3.8, 4) is 0 Å².